The van der Waals surface area contributed by atoms with Gasteiger partial charge < -0.3 is 20.1 Å². The molecule has 0 radical (unpaired) electrons. The molecule has 3 N–H and O–H groups in total. The lowest BCUT2D eigenvalue weighted by Crippen LogP contribution is -2.32. The van der Waals surface area contributed by atoms with Crippen LogP contribution in [0.25, 0.3) is 0 Å². The number of ether oxygens (including phenoxy) is 1. The van der Waals surface area contributed by atoms with Gasteiger partial charge in [0.05, 0.1) is 25.2 Å². The standard InChI is InChI=1S/C31H35FN4O3/c1-21(13-32)33-14-26(12-29-30(37)31(38)35-20-34-29)25-10-8-23(9-11-25)3-2-22-4-6-24(7-5-22)15-36-16-27-18-39-19-28(27)17-36/h4-11,20-21,26-28,33,37H,12-19H2,1H3,(H,34,35,38)/t21-,26+,27?,28?/m0/s1. The minimum Gasteiger partial charge on any atom is -0.502 e. The van der Waals surface area contributed by atoms with Crippen molar-refractivity contribution in [3.63, 3.8) is 0 Å². The first-order chi connectivity index (χ1) is 19.0. The summed E-state index contributed by atoms with van der Waals surface area (Å²) in [6.07, 6.45) is 1.62. The number of nitrogens with zero attached hydrogens (tertiary/aromatic N) is 2. The summed E-state index contributed by atoms with van der Waals surface area (Å²) in [6.45, 7) is 6.78. The van der Waals surface area contributed by atoms with Crippen LogP contribution in [0.4, 0.5) is 4.39 Å². The van der Waals surface area contributed by atoms with Gasteiger partial charge in [-0.25, -0.2) is 9.37 Å². The van der Waals surface area contributed by atoms with Gasteiger partial charge in [0, 0.05) is 67.5 Å². The number of hydrogen-bond acceptors (Lipinski definition) is 6. The lowest BCUT2D eigenvalue weighted by Gasteiger charge is -2.20. The Labute approximate surface area is 228 Å². The molecule has 0 spiro atoms. The Morgan fingerprint density at radius 2 is 1.74 bits per heavy atom. The molecule has 2 aliphatic heterocycles. The Morgan fingerprint density at radius 3 is 2.38 bits per heavy atom. The molecule has 0 bridgehead atoms. The van der Waals surface area contributed by atoms with Crippen molar-refractivity contribution in [3.8, 4) is 17.6 Å². The first-order valence-corrected chi connectivity index (χ1v) is 13.5. The highest BCUT2D eigenvalue weighted by Gasteiger charge is 2.36. The molecule has 0 saturated carbocycles. The van der Waals surface area contributed by atoms with Gasteiger partial charge in [-0.2, -0.15) is 0 Å². The number of rotatable bonds is 9. The van der Waals surface area contributed by atoms with Crippen molar-refractivity contribution in [1.29, 1.82) is 0 Å². The van der Waals surface area contributed by atoms with Crippen molar-refractivity contribution < 1.29 is 14.2 Å². The minimum atomic E-state index is -0.573. The number of aromatic nitrogens is 2. The number of hydrogen-bond donors (Lipinski definition) is 3. The van der Waals surface area contributed by atoms with Crippen LogP contribution in [-0.4, -0.2) is 65.5 Å². The molecule has 2 aliphatic rings. The third-order valence-electron chi connectivity index (χ3n) is 7.70. The van der Waals surface area contributed by atoms with Crippen molar-refractivity contribution in [3.05, 3.63) is 93.2 Å². The topological polar surface area (TPSA) is 90.5 Å². The van der Waals surface area contributed by atoms with Crippen molar-refractivity contribution in [2.45, 2.75) is 31.8 Å². The molecule has 3 aromatic rings. The first-order valence-electron chi connectivity index (χ1n) is 13.5. The van der Waals surface area contributed by atoms with Gasteiger partial charge in [0.15, 0.2) is 0 Å². The maximum atomic E-state index is 13.0. The number of halogens is 1. The summed E-state index contributed by atoms with van der Waals surface area (Å²) in [7, 11) is 0. The SMILES string of the molecule is C[C@@H](CF)NC[C@@H](Cc1nc[nH]c(=O)c1O)c1ccc(C#Cc2ccc(CN3CC4COCC4C3)cc2)cc1. The van der Waals surface area contributed by atoms with E-state index in [0.29, 0.717) is 30.5 Å². The highest BCUT2D eigenvalue weighted by molar-refractivity contribution is 5.44. The molecule has 2 unspecified atom stereocenters. The predicted octanol–water partition coefficient (Wildman–Crippen LogP) is 3.23. The van der Waals surface area contributed by atoms with Gasteiger partial charge in [-0.3, -0.25) is 9.69 Å². The van der Waals surface area contributed by atoms with Crippen LogP contribution in [0.15, 0.2) is 59.7 Å². The first kappa shape index (κ1) is 27.1. The van der Waals surface area contributed by atoms with Crippen LogP contribution in [-0.2, 0) is 17.7 Å². The number of alkyl halides is 1. The third-order valence-corrected chi connectivity index (χ3v) is 7.70. The summed E-state index contributed by atoms with van der Waals surface area (Å²) in [4.78, 5) is 20.8. The molecule has 3 heterocycles. The van der Waals surface area contributed by atoms with Gasteiger partial charge in [-0.05, 0) is 42.3 Å². The number of aromatic amines is 1. The molecule has 2 saturated heterocycles. The number of nitrogens with one attached hydrogen (secondary N) is 2. The predicted molar refractivity (Wildman–Crippen MR) is 148 cm³/mol. The van der Waals surface area contributed by atoms with Crippen molar-refractivity contribution in [2.24, 2.45) is 11.8 Å². The number of H-pyrrole nitrogens is 1. The number of likely N-dealkylation sites (tertiary alicyclic amines) is 1. The summed E-state index contributed by atoms with van der Waals surface area (Å²) >= 11 is 0. The molecule has 204 valence electrons. The zero-order chi connectivity index (χ0) is 27.2. The second kappa shape index (κ2) is 12.6. The van der Waals surface area contributed by atoms with E-state index < -0.39 is 12.2 Å². The molecule has 1 aromatic heterocycles. The monoisotopic (exact) mass is 530 g/mol. The summed E-state index contributed by atoms with van der Waals surface area (Å²) in [6, 6.07) is 16.1. The average molecular weight is 531 g/mol. The van der Waals surface area contributed by atoms with Gasteiger partial charge in [-0.1, -0.05) is 36.1 Å². The molecule has 0 aliphatic carbocycles. The van der Waals surface area contributed by atoms with Gasteiger partial charge in [0.2, 0.25) is 5.75 Å². The molecule has 2 fully saturated rings. The molecular weight excluding hydrogens is 495 g/mol. The van der Waals surface area contributed by atoms with E-state index in [9.17, 15) is 14.3 Å². The van der Waals surface area contributed by atoms with E-state index in [1.165, 1.54) is 11.9 Å². The van der Waals surface area contributed by atoms with E-state index in [4.69, 9.17) is 4.74 Å². The van der Waals surface area contributed by atoms with Crippen molar-refractivity contribution >= 4 is 0 Å². The van der Waals surface area contributed by atoms with E-state index >= 15 is 0 Å². The lowest BCUT2D eigenvalue weighted by molar-refractivity contribution is 0.153. The summed E-state index contributed by atoms with van der Waals surface area (Å²) in [5, 5.41) is 13.3. The number of fused-ring (bicyclic) bond motifs is 1. The van der Waals surface area contributed by atoms with E-state index in [0.717, 1.165) is 49.5 Å². The number of aromatic hydroxyl groups is 1. The fourth-order valence-corrected chi connectivity index (χ4v) is 5.37. The molecule has 39 heavy (non-hydrogen) atoms. The van der Waals surface area contributed by atoms with Crippen LogP contribution in [0, 0.1) is 23.7 Å². The maximum Gasteiger partial charge on any atom is 0.293 e. The van der Waals surface area contributed by atoms with Gasteiger partial charge in [0.1, 0.15) is 6.67 Å². The molecule has 8 heteroatoms. The molecule has 7 nitrogen and oxygen atoms in total. The quantitative estimate of drug-likeness (QED) is 0.368. The van der Waals surface area contributed by atoms with E-state index in [-0.39, 0.29) is 17.7 Å². The molecule has 0 amide bonds. The van der Waals surface area contributed by atoms with Crippen LogP contribution >= 0.6 is 0 Å². The van der Waals surface area contributed by atoms with Crippen LogP contribution in [0.2, 0.25) is 0 Å². The van der Waals surface area contributed by atoms with E-state index in [1.54, 1.807) is 6.92 Å². The zero-order valence-corrected chi connectivity index (χ0v) is 22.2. The highest BCUT2D eigenvalue weighted by Crippen LogP contribution is 2.30. The Kier molecular flexibility index (Phi) is 8.72. The molecule has 4 atom stereocenters. The Morgan fingerprint density at radius 1 is 1.10 bits per heavy atom. The molecule has 2 aromatic carbocycles. The second-order valence-corrected chi connectivity index (χ2v) is 10.7. The van der Waals surface area contributed by atoms with Crippen LogP contribution in [0.3, 0.4) is 0 Å². The zero-order valence-electron chi connectivity index (χ0n) is 22.2. The highest BCUT2D eigenvalue weighted by atomic mass is 19.1. The fourth-order valence-electron chi connectivity index (χ4n) is 5.37. The third kappa shape index (κ3) is 6.93. The lowest BCUT2D eigenvalue weighted by atomic mass is 9.92. The average Bonchev–Trinajstić information content (AvgIpc) is 3.55. The summed E-state index contributed by atoms with van der Waals surface area (Å²) in [5.41, 5.74) is 3.88. The fraction of sp³-hybridized carbons (Fsp3) is 0.419. The molecule has 5 rings (SSSR count). The Bertz CT molecular complexity index is 1350. The van der Waals surface area contributed by atoms with Crippen molar-refractivity contribution in [2.75, 3.05) is 39.5 Å². The van der Waals surface area contributed by atoms with E-state index in [2.05, 4.69) is 56.3 Å². The van der Waals surface area contributed by atoms with Crippen molar-refractivity contribution in [1.82, 2.24) is 20.2 Å². The normalized spacial score (nSPS) is 20.3. The summed E-state index contributed by atoms with van der Waals surface area (Å²) in [5.74, 6) is 7.37. The number of benzene rings is 2. The smallest absolute Gasteiger partial charge is 0.293 e. The Hall–Kier alpha value is -3.51. The molecular formula is C31H35FN4O3. The second-order valence-electron chi connectivity index (χ2n) is 10.7. The van der Waals surface area contributed by atoms with Gasteiger partial charge >= 0.3 is 0 Å². The van der Waals surface area contributed by atoms with Crippen LogP contribution in [0.1, 0.15) is 40.8 Å². The largest absolute Gasteiger partial charge is 0.502 e. The Balaban J connectivity index is 1.22. The minimum absolute atomic E-state index is 0.114. The van der Waals surface area contributed by atoms with E-state index in [1.807, 2.05) is 24.3 Å². The van der Waals surface area contributed by atoms with Crippen LogP contribution in [0.5, 0.6) is 5.75 Å². The maximum absolute atomic E-state index is 13.0. The van der Waals surface area contributed by atoms with Gasteiger partial charge in [0.25, 0.3) is 5.56 Å². The summed E-state index contributed by atoms with van der Waals surface area (Å²) < 4.78 is 18.6. The van der Waals surface area contributed by atoms with Gasteiger partial charge in [-0.15, -0.1) is 0 Å². The van der Waals surface area contributed by atoms with Crippen LogP contribution < -0.4 is 10.9 Å².